The van der Waals surface area contributed by atoms with Crippen molar-refractivity contribution >= 4 is 34.4 Å². The number of ketones is 1. The number of amides is 1. The summed E-state index contributed by atoms with van der Waals surface area (Å²) in [6.07, 6.45) is 2.62. The van der Waals surface area contributed by atoms with Crippen molar-refractivity contribution in [2.75, 3.05) is 18.9 Å². The maximum atomic E-state index is 13.5. The normalized spacial score (nSPS) is 15.5. The molecule has 8 heteroatoms. The molecule has 0 bridgehead atoms. The highest BCUT2D eigenvalue weighted by Crippen LogP contribution is 2.23. The van der Waals surface area contributed by atoms with Crippen LogP contribution in [0, 0.1) is 13.8 Å². The predicted octanol–water partition coefficient (Wildman–Crippen LogP) is 4.31. The van der Waals surface area contributed by atoms with Crippen LogP contribution >= 0.6 is 11.8 Å². The zero-order valence-corrected chi connectivity index (χ0v) is 21.2. The highest BCUT2D eigenvalue weighted by Gasteiger charge is 2.22. The summed E-state index contributed by atoms with van der Waals surface area (Å²) in [7, 11) is 0. The molecule has 1 aliphatic heterocycles. The molecule has 1 aromatic heterocycles. The second kappa shape index (κ2) is 11.2. The molecule has 2 heterocycles. The third-order valence-electron chi connectivity index (χ3n) is 6.14. The first kappa shape index (κ1) is 25.1. The van der Waals surface area contributed by atoms with Crippen molar-refractivity contribution in [1.29, 1.82) is 0 Å². The number of benzene rings is 2. The van der Waals surface area contributed by atoms with E-state index in [1.165, 1.54) is 11.8 Å². The number of aryl methyl sites for hydroxylation is 2. The van der Waals surface area contributed by atoms with E-state index in [-0.39, 0.29) is 29.1 Å². The van der Waals surface area contributed by atoms with Gasteiger partial charge in [-0.2, -0.15) is 0 Å². The van der Waals surface area contributed by atoms with E-state index in [2.05, 4.69) is 5.32 Å². The van der Waals surface area contributed by atoms with Crippen molar-refractivity contribution in [3.8, 4) is 0 Å². The third kappa shape index (κ3) is 5.82. The average Bonchev–Trinajstić information content (AvgIpc) is 3.36. The maximum Gasteiger partial charge on any atom is 0.262 e. The lowest BCUT2D eigenvalue weighted by molar-refractivity contribution is 0.0937. The summed E-state index contributed by atoms with van der Waals surface area (Å²) < 4.78 is 7.39. The number of hydrogen-bond acceptors (Lipinski definition) is 6. The van der Waals surface area contributed by atoms with E-state index in [9.17, 15) is 14.4 Å². The van der Waals surface area contributed by atoms with Crippen LogP contribution in [0.3, 0.4) is 0 Å². The van der Waals surface area contributed by atoms with Crippen LogP contribution < -0.4 is 10.9 Å². The van der Waals surface area contributed by atoms with Crippen LogP contribution in [0.5, 0.6) is 0 Å². The monoisotopic (exact) mass is 493 g/mol. The molecule has 35 heavy (non-hydrogen) atoms. The van der Waals surface area contributed by atoms with Gasteiger partial charge in [0.15, 0.2) is 10.9 Å². The molecule has 7 nitrogen and oxygen atoms in total. The molecular formula is C27H31N3O4S. The number of Topliss-reactive ketones (excluding diaryl/α,β-unsaturated/α-hetero) is 1. The lowest BCUT2D eigenvalue weighted by Gasteiger charge is -2.17. The fraction of sp³-hybridized carbons (Fsp3) is 0.407. The fourth-order valence-electron chi connectivity index (χ4n) is 4.28. The first-order valence-electron chi connectivity index (χ1n) is 12.0. The Bertz CT molecular complexity index is 1310. The molecule has 3 aromatic rings. The fourth-order valence-corrected chi connectivity index (χ4v) is 5.17. The van der Waals surface area contributed by atoms with Gasteiger partial charge in [-0.1, -0.05) is 42.4 Å². The Morgan fingerprint density at radius 2 is 2.03 bits per heavy atom. The molecule has 1 N–H and O–H groups in total. The van der Waals surface area contributed by atoms with Crippen LogP contribution in [0.25, 0.3) is 10.9 Å². The number of hydrogen-bond donors (Lipinski definition) is 1. The van der Waals surface area contributed by atoms with Gasteiger partial charge in [0.2, 0.25) is 0 Å². The van der Waals surface area contributed by atoms with Gasteiger partial charge in [0, 0.05) is 24.3 Å². The summed E-state index contributed by atoms with van der Waals surface area (Å²) in [5.74, 6) is -0.0548. The number of rotatable bonds is 9. The van der Waals surface area contributed by atoms with Gasteiger partial charge >= 0.3 is 0 Å². The predicted molar refractivity (Wildman–Crippen MR) is 139 cm³/mol. The summed E-state index contributed by atoms with van der Waals surface area (Å²) in [5, 5.41) is 3.76. The highest BCUT2D eigenvalue weighted by atomic mass is 32.2. The van der Waals surface area contributed by atoms with Crippen LogP contribution in [-0.4, -0.2) is 46.2 Å². The maximum absolute atomic E-state index is 13.5. The Labute approximate surface area is 209 Å². The minimum Gasteiger partial charge on any atom is -0.376 e. The minimum absolute atomic E-state index is 0.0155. The molecule has 0 aliphatic carbocycles. The van der Waals surface area contributed by atoms with Crippen LogP contribution in [0.4, 0.5) is 0 Å². The molecule has 1 fully saturated rings. The first-order chi connectivity index (χ1) is 16.9. The summed E-state index contributed by atoms with van der Waals surface area (Å²) in [6, 6.07) is 10.7. The van der Waals surface area contributed by atoms with Crippen LogP contribution in [-0.2, 0) is 11.3 Å². The second-order valence-corrected chi connectivity index (χ2v) is 9.91. The Morgan fingerprint density at radius 1 is 1.20 bits per heavy atom. The summed E-state index contributed by atoms with van der Waals surface area (Å²) in [5.41, 5.74) is 3.43. The zero-order valence-electron chi connectivity index (χ0n) is 20.4. The molecule has 0 saturated carbocycles. The molecule has 184 valence electrons. The summed E-state index contributed by atoms with van der Waals surface area (Å²) in [4.78, 5) is 43.6. The van der Waals surface area contributed by atoms with E-state index in [0.29, 0.717) is 46.9 Å². The van der Waals surface area contributed by atoms with Gasteiger partial charge in [0.1, 0.15) is 0 Å². The molecule has 0 spiro atoms. The number of nitrogens with one attached hydrogen (secondary N) is 1. The van der Waals surface area contributed by atoms with Crippen molar-refractivity contribution in [2.45, 2.75) is 57.8 Å². The molecule has 2 aromatic carbocycles. The standard InChI is InChI=1S/C27H31N3O4S/c1-4-11-28-25(32)19-8-10-22-23(14-19)29-27(30(26(22)33)15-20-6-5-12-34-20)35-16-24(31)21-9-7-17(2)13-18(21)3/h7-10,13-14,20H,4-6,11-12,15-16H2,1-3H3,(H,28,32)/t20-/m1/s1. The van der Waals surface area contributed by atoms with Gasteiger partial charge in [0.05, 0.1) is 29.3 Å². The van der Waals surface area contributed by atoms with E-state index in [1.807, 2.05) is 39.0 Å². The summed E-state index contributed by atoms with van der Waals surface area (Å²) in [6.45, 7) is 7.56. The minimum atomic E-state index is -0.196. The van der Waals surface area contributed by atoms with E-state index in [0.717, 1.165) is 30.4 Å². The highest BCUT2D eigenvalue weighted by molar-refractivity contribution is 7.99. The molecule has 0 radical (unpaired) electrons. The Hall–Kier alpha value is -2.97. The van der Waals surface area contributed by atoms with Crippen molar-refractivity contribution in [2.24, 2.45) is 0 Å². The lowest BCUT2D eigenvalue weighted by atomic mass is 10.0. The van der Waals surface area contributed by atoms with Gasteiger partial charge < -0.3 is 10.1 Å². The van der Waals surface area contributed by atoms with E-state index in [4.69, 9.17) is 9.72 Å². The summed E-state index contributed by atoms with van der Waals surface area (Å²) >= 11 is 1.25. The number of thioether (sulfide) groups is 1. The molecule has 1 atom stereocenters. The van der Waals surface area contributed by atoms with Crippen molar-refractivity contribution in [3.05, 3.63) is 69.0 Å². The number of carbonyl (C=O) groups is 2. The number of nitrogens with zero attached hydrogens (tertiary/aromatic N) is 2. The van der Waals surface area contributed by atoms with Gasteiger partial charge in [-0.3, -0.25) is 19.0 Å². The SMILES string of the molecule is CCCNC(=O)c1ccc2c(=O)n(C[C@H]3CCCO3)c(SCC(=O)c3ccc(C)cc3C)nc2c1. The zero-order chi connectivity index (χ0) is 24.9. The van der Waals surface area contributed by atoms with Gasteiger partial charge in [-0.05, 0) is 56.9 Å². The van der Waals surface area contributed by atoms with Gasteiger partial charge in [-0.25, -0.2) is 4.98 Å². The third-order valence-corrected chi connectivity index (χ3v) is 7.12. The molecule has 0 unspecified atom stereocenters. The van der Waals surface area contributed by atoms with Crippen molar-refractivity contribution in [3.63, 3.8) is 0 Å². The van der Waals surface area contributed by atoms with Gasteiger partial charge in [-0.15, -0.1) is 0 Å². The lowest BCUT2D eigenvalue weighted by Crippen LogP contribution is -2.29. The number of fused-ring (bicyclic) bond motifs is 1. The van der Waals surface area contributed by atoms with E-state index in [1.54, 1.807) is 22.8 Å². The van der Waals surface area contributed by atoms with Crippen LogP contribution in [0.2, 0.25) is 0 Å². The molecular weight excluding hydrogens is 462 g/mol. The Morgan fingerprint density at radius 3 is 2.74 bits per heavy atom. The smallest absolute Gasteiger partial charge is 0.262 e. The molecule has 1 aliphatic rings. The average molecular weight is 494 g/mol. The number of aromatic nitrogens is 2. The van der Waals surface area contributed by atoms with Crippen molar-refractivity contribution < 1.29 is 14.3 Å². The molecule has 1 amide bonds. The van der Waals surface area contributed by atoms with Crippen LogP contribution in [0.15, 0.2) is 46.3 Å². The second-order valence-electron chi connectivity index (χ2n) is 8.96. The number of carbonyl (C=O) groups excluding carboxylic acids is 2. The Balaban J connectivity index is 1.67. The van der Waals surface area contributed by atoms with Gasteiger partial charge in [0.25, 0.3) is 11.5 Å². The Kier molecular flexibility index (Phi) is 8.03. The molecule has 4 rings (SSSR count). The number of ether oxygens (including phenoxy) is 1. The largest absolute Gasteiger partial charge is 0.376 e. The topological polar surface area (TPSA) is 90.3 Å². The van der Waals surface area contributed by atoms with E-state index >= 15 is 0 Å². The van der Waals surface area contributed by atoms with Crippen molar-refractivity contribution in [1.82, 2.24) is 14.9 Å². The quantitative estimate of drug-likeness (QED) is 0.271. The first-order valence-corrected chi connectivity index (χ1v) is 13.0. The van der Waals surface area contributed by atoms with E-state index < -0.39 is 0 Å². The van der Waals surface area contributed by atoms with Crippen LogP contribution in [0.1, 0.15) is 58.0 Å². The molecule has 1 saturated heterocycles.